The highest BCUT2D eigenvalue weighted by molar-refractivity contribution is 5.28. The lowest BCUT2D eigenvalue weighted by Gasteiger charge is -2.34. The molecule has 0 spiro atoms. The van der Waals surface area contributed by atoms with Crippen LogP contribution in [0.2, 0.25) is 0 Å². The van der Waals surface area contributed by atoms with Crippen LogP contribution in [0.25, 0.3) is 0 Å². The molecule has 2 rings (SSSR count). The topological polar surface area (TPSA) is 15.7 Å². The molecule has 0 bridgehead atoms. The fraction of sp³-hybridized carbons (Fsp3) is 0.786. The van der Waals surface area contributed by atoms with Crippen molar-refractivity contribution in [2.75, 3.05) is 39.3 Å². The molecule has 31 heavy (non-hydrogen) atoms. The molecular formula is C28H50N2O. The molecule has 1 saturated heterocycles. The Balaban J connectivity index is 1.47. The number of rotatable bonds is 18. The summed E-state index contributed by atoms with van der Waals surface area (Å²) < 4.78 is 6.05. The average Bonchev–Trinajstić information content (AvgIpc) is 2.79. The van der Waals surface area contributed by atoms with Gasteiger partial charge >= 0.3 is 0 Å². The van der Waals surface area contributed by atoms with Crippen molar-refractivity contribution in [3.63, 3.8) is 0 Å². The third kappa shape index (κ3) is 12.5. The number of nitrogens with zero attached hydrogens (tertiary/aromatic N) is 2. The molecule has 0 aliphatic carbocycles. The Kier molecular flexibility index (Phi) is 14.8. The van der Waals surface area contributed by atoms with E-state index in [0.717, 1.165) is 18.9 Å². The van der Waals surface area contributed by atoms with Crippen molar-refractivity contribution in [1.29, 1.82) is 0 Å². The molecule has 3 nitrogen and oxygen atoms in total. The first-order chi connectivity index (χ1) is 15.3. The Morgan fingerprint density at radius 2 is 1.26 bits per heavy atom. The van der Waals surface area contributed by atoms with E-state index in [0.29, 0.717) is 0 Å². The minimum Gasteiger partial charge on any atom is -0.494 e. The van der Waals surface area contributed by atoms with E-state index in [2.05, 4.69) is 47.9 Å². The van der Waals surface area contributed by atoms with Gasteiger partial charge in [-0.1, -0.05) is 96.6 Å². The lowest BCUT2D eigenvalue weighted by atomic mass is 10.1. The summed E-state index contributed by atoms with van der Waals surface area (Å²) in [5, 5.41) is 0. The van der Waals surface area contributed by atoms with Gasteiger partial charge in [-0.25, -0.2) is 0 Å². The summed E-state index contributed by atoms with van der Waals surface area (Å²) in [6.07, 6.45) is 17.9. The Hall–Kier alpha value is -1.06. The van der Waals surface area contributed by atoms with Crippen molar-refractivity contribution in [3.8, 4) is 5.75 Å². The second-order valence-electron chi connectivity index (χ2n) is 9.50. The lowest BCUT2D eigenvalue weighted by molar-refractivity contribution is 0.127. The normalized spacial score (nSPS) is 15.4. The molecule has 0 amide bonds. The second kappa shape index (κ2) is 17.5. The number of ether oxygens (including phenoxy) is 1. The first-order valence-corrected chi connectivity index (χ1v) is 13.5. The fourth-order valence-corrected chi connectivity index (χ4v) is 4.61. The molecule has 0 N–H and O–H groups in total. The van der Waals surface area contributed by atoms with Gasteiger partial charge in [-0.05, 0) is 37.1 Å². The summed E-state index contributed by atoms with van der Waals surface area (Å²) in [5.74, 6) is 1.05. The molecule has 1 fully saturated rings. The Bertz CT molecular complexity index is 540. The first kappa shape index (κ1) is 26.2. The number of unbranched alkanes of at least 4 members (excludes halogenated alkanes) is 11. The maximum atomic E-state index is 6.05. The molecule has 0 atom stereocenters. The highest BCUT2D eigenvalue weighted by Gasteiger charge is 2.16. The standard InChI is InChI=1S/C28H50N2O/c1-3-5-6-7-8-9-10-11-12-13-14-15-24-31-28-18-16-17-27(25-28)26-30-22-20-29(19-4-2)21-23-30/h16-18,25H,3-15,19-24,26H2,1-2H3. The average molecular weight is 431 g/mol. The highest BCUT2D eigenvalue weighted by Crippen LogP contribution is 2.17. The molecular weight excluding hydrogens is 380 g/mol. The third-order valence-electron chi connectivity index (χ3n) is 6.58. The Morgan fingerprint density at radius 3 is 1.87 bits per heavy atom. The van der Waals surface area contributed by atoms with Gasteiger partial charge in [0.25, 0.3) is 0 Å². The molecule has 1 heterocycles. The van der Waals surface area contributed by atoms with E-state index in [9.17, 15) is 0 Å². The van der Waals surface area contributed by atoms with Crippen molar-refractivity contribution >= 4 is 0 Å². The fourth-order valence-electron chi connectivity index (χ4n) is 4.61. The van der Waals surface area contributed by atoms with Gasteiger partial charge in [-0.2, -0.15) is 0 Å². The van der Waals surface area contributed by atoms with E-state index in [1.807, 2.05) is 0 Å². The van der Waals surface area contributed by atoms with Crippen LogP contribution in [0.1, 0.15) is 103 Å². The molecule has 0 radical (unpaired) electrons. The van der Waals surface area contributed by atoms with E-state index >= 15 is 0 Å². The largest absolute Gasteiger partial charge is 0.494 e. The van der Waals surface area contributed by atoms with Crippen molar-refractivity contribution in [2.45, 2.75) is 104 Å². The van der Waals surface area contributed by atoms with Gasteiger partial charge in [0, 0.05) is 32.7 Å². The molecule has 0 aromatic heterocycles. The zero-order chi connectivity index (χ0) is 22.0. The van der Waals surface area contributed by atoms with Crippen molar-refractivity contribution in [1.82, 2.24) is 9.80 Å². The summed E-state index contributed by atoms with van der Waals surface area (Å²) in [6.45, 7) is 12.5. The molecule has 1 aromatic rings. The van der Waals surface area contributed by atoms with E-state index in [1.54, 1.807) is 0 Å². The SMILES string of the molecule is CCCCCCCCCCCCCCOc1cccc(CN2CCN(CCC)CC2)c1. The lowest BCUT2D eigenvalue weighted by Crippen LogP contribution is -2.45. The third-order valence-corrected chi connectivity index (χ3v) is 6.58. The van der Waals surface area contributed by atoms with Crippen LogP contribution < -0.4 is 4.74 Å². The van der Waals surface area contributed by atoms with Crippen LogP contribution in [0.3, 0.4) is 0 Å². The number of benzene rings is 1. The van der Waals surface area contributed by atoms with Gasteiger partial charge in [0.15, 0.2) is 0 Å². The number of hydrogen-bond donors (Lipinski definition) is 0. The second-order valence-corrected chi connectivity index (χ2v) is 9.50. The van der Waals surface area contributed by atoms with Crippen LogP contribution in [0.15, 0.2) is 24.3 Å². The predicted molar refractivity (Wildman–Crippen MR) is 135 cm³/mol. The molecule has 1 aromatic carbocycles. The quantitative estimate of drug-likeness (QED) is 0.227. The van der Waals surface area contributed by atoms with Crippen LogP contribution in [0.4, 0.5) is 0 Å². The van der Waals surface area contributed by atoms with E-state index < -0.39 is 0 Å². The molecule has 3 heteroatoms. The first-order valence-electron chi connectivity index (χ1n) is 13.5. The maximum absolute atomic E-state index is 6.05. The molecule has 0 unspecified atom stereocenters. The minimum atomic E-state index is 0.858. The van der Waals surface area contributed by atoms with Crippen molar-refractivity contribution in [2.24, 2.45) is 0 Å². The van der Waals surface area contributed by atoms with Gasteiger partial charge in [0.2, 0.25) is 0 Å². The highest BCUT2D eigenvalue weighted by atomic mass is 16.5. The monoisotopic (exact) mass is 430 g/mol. The van der Waals surface area contributed by atoms with E-state index in [-0.39, 0.29) is 0 Å². The van der Waals surface area contributed by atoms with Gasteiger partial charge in [-0.3, -0.25) is 4.90 Å². The van der Waals surface area contributed by atoms with E-state index in [1.165, 1.54) is 122 Å². The van der Waals surface area contributed by atoms with Gasteiger partial charge in [-0.15, -0.1) is 0 Å². The van der Waals surface area contributed by atoms with Crippen LogP contribution in [-0.4, -0.2) is 49.1 Å². The summed E-state index contributed by atoms with van der Waals surface area (Å²) in [7, 11) is 0. The predicted octanol–water partition coefficient (Wildman–Crippen LogP) is 7.29. The number of piperazine rings is 1. The smallest absolute Gasteiger partial charge is 0.119 e. The van der Waals surface area contributed by atoms with Gasteiger partial charge in [0.1, 0.15) is 5.75 Å². The minimum absolute atomic E-state index is 0.858. The summed E-state index contributed by atoms with van der Waals surface area (Å²) >= 11 is 0. The zero-order valence-corrected chi connectivity index (χ0v) is 20.8. The molecule has 178 valence electrons. The van der Waals surface area contributed by atoms with Crippen LogP contribution in [-0.2, 0) is 6.54 Å². The summed E-state index contributed by atoms with van der Waals surface area (Å²) in [5.41, 5.74) is 1.39. The van der Waals surface area contributed by atoms with Crippen LogP contribution in [0.5, 0.6) is 5.75 Å². The summed E-state index contributed by atoms with van der Waals surface area (Å²) in [6, 6.07) is 8.76. The zero-order valence-electron chi connectivity index (χ0n) is 20.8. The molecule has 0 saturated carbocycles. The molecule has 1 aliphatic rings. The van der Waals surface area contributed by atoms with E-state index in [4.69, 9.17) is 4.74 Å². The molecule has 1 aliphatic heterocycles. The van der Waals surface area contributed by atoms with Gasteiger partial charge in [0.05, 0.1) is 6.61 Å². The van der Waals surface area contributed by atoms with Crippen LogP contribution in [0, 0.1) is 0 Å². The number of hydrogen-bond acceptors (Lipinski definition) is 3. The van der Waals surface area contributed by atoms with Crippen molar-refractivity contribution in [3.05, 3.63) is 29.8 Å². The Labute approximate surface area is 193 Å². The summed E-state index contributed by atoms with van der Waals surface area (Å²) in [4.78, 5) is 5.17. The maximum Gasteiger partial charge on any atom is 0.119 e. The van der Waals surface area contributed by atoms with Gasteiger partial charge < -0.3 is 9.64 Å². The van der Waals surface area contributed by atoms with Crippen molar-refractivity contribution < 1.29 is 4.74 Å². The van der Waals surface area contributed by atoms with Crippen LogP contribution >= 0.6 is 0 Å². The Morgan fingerprint density at radius 1 is 0.677 bits per heavy atom.